The lowest BCUT2D eigenvalue weighted by Crippen LogP contribution is -2.33. The molecule has 4 nitrogen and oxygen atoms in total. The van der Waals surface area contributed by atoms with E-state index in [1.807, 2.05) is 0 Å². The van der Waals surface area contributed by atoms with Gasteiger partial charge >= 0.3 is 0 Å². The van der Waals surface area contributed by atoms with Crippen molar-refractivity contribution in [3.05, 3.63) is 28.7 Å². The average molecular weight is 237 g/mol. The van der Waals surface area contributed by atoms with Crippen molar-refractivity contribution in [3.8, 4) is 0 Å². The third kappa shape index (κ3) is 5.04. The van der Waals surface area contributed by atoms with E-state index >= 15 is 0 Å². The zero-order chi connectivity index (χ0) is 13.1. The van der Waals surface area contributed by atoms with Crippen LogP contribution in [0.2, 0.25) is 0 Å². The lowest BCUT2D eigenvalue weighted by Gasteiger charge is -2.26. The Bertz CT molecular complexity index is 417. The third-order valence-corrected chi connectivity index (χ3v) is 2.47. The van der Waals surface area contributed by atoms with Crippen LogP contribution in [0.5, 0.6) is 0 Å². The number of aromatic nitrogens is 1. The van der Waals surface area contributed by atoms with Crippen LogP contribution >= 0.6 is 0 Å². The first-order chi connectivity index (χ1) is 7.78. The molecule has 2 N–H and O–H groups in total. The van der Waals surface area contributed by atoms with E-state index in [4.69, 9.17) is 5.73 Å². The molecule has 0 bridgehead atoms. The summed E-state index contributed by atoms with van der Waals surface area (Å²) in [5.74, 6) is 0. The largest absolute Gasteiger partial charge is 0.398 e. The molecule has 1 aromatic heterocycles. The van der Waals surface area contributed by atoms with Gasteiger partial charge in [0.2, 0.25) is 0 Å². The molecule has 0 aromatic carbocycles. The van der Waals surface area contributed by atoms with Crippen molar-refractivity contribution in [2.75, 3.05) is 25.9 Å². The predicted octanol–water partition coefficient (Wildman–Crippen LogP) is 1.41. The Morgan fingerprint density at radius 1 is 1.35 bits per heavy atom. The molecule has 0 aliphatic rings. The van der Waals surface area contributed by atoms with Crippen molar-refractivity contribution in [1.82, 2.24) is 9.47 Å². The van der Waals surface area contributed by atoms with E-state index in [0.29, 0.717) is 12.2 Å². The van der Waals surface area contributed by atoms with Crippen LogP contribution < -0.4 is 11.3 Å². The topological polar surface area (TPSA) is 51.3 Å². The van der Waals surface area contributed by atoms with E-state index in [-0.39, 0.29) is 11.0 Å². The highest BCUT2D eigenvalue weighted by atomic mass is 16.1. The number of hydrogen-bond donors (Lipinski definition) is 1. The molecule has 96 valence electrons. The maximum Gasteiger partial charge on any atom is 0.250 e. The van der Waals surface area contributed by atoms with Gasteiger partial charge in [0, 0.05) is 37.6 Å². The Balaban J connectivity index is 2.56. The Morgan fingerprint density at radius 2 is 2.00 bits per heavy atom. The van der Waals surface area contributed by atoms with Gasteiger partial charge in [-0.2, -0.15) is 0 Å². The molecule has 4 heteroatoms. The normalized spacial score (nSPS) is 12.1. The number of nitrogen functional groups attached to an aromatic ring is 1. The summed E-state index contributed by atoms with van der Waals surface area (Å²) in [5, 5.41) is 0. The van der Waals surface area contributed by atoms with Crippen molar-refractivity contribution in [2.45, 2.75) is 27.3 Å². The van der Waals surface area contributed by atoms with Crippen LogP contribution in [0, 0.1) is 5.41 Å². The number of likely N-dealkylation sites (N-methyl/N-ethyl adjacent to an activating group) is 1. The molecular weight excluding hydrogens is 214 g/mol. The first-order valence-corrected chi connectivity index (χ1v) is 5.92. The van der Waals surface area contributed by atoms with Gasteiger partial charge in [0.25, 0.3) is 5.56 Å². The van der Waals surface area contributed by atoms with Crippen LogP contribution in [0.3, 0.4) is 0 Å². The minimum atomic E-state index is 0.00311. The number of nitrogens with zero attached hydrogens (tertiary/aromatic N) is 2. The average Bonchev–Trinajstić information content (AvgIpc) is 2.17. The summed E-state index contributed by atoms with van der Waals surface area (Å²) >= 11 is 0. The van der Waals surface area contributed by atoms with E-state index in [1.54, 1.807) is 16.8 Å². The number of rotatable bonds is 4. The monoisotopic (exact) mass is 237 g/mol. The fourth-order valence-electron chi connectivity index (χ4n) is 1.89. The van der Waals surface area contributed by atoms with E-state index in [1.165, 1.54) is 6.07 Å². The number of anilines is 1. The fourth-order valence-corrected chi connectivity index (χ4v) is 1.89. The van der Waals surface area contributed by atoms with Crippen LogP contribution in [0.4, 0.5) is 5.69 Å². The number of nitrogens with two attached hydrogens (primary N) is 1. The fraction of sp³-hybridized carbons (Fsp3) is 0.615. The van der Waals surface area contributed by atoms with Crippen molar-refractivity contribution >= 4 is 5.69 Å². The second-order valence-corrected chi connectivity index (χ2v) is 5.79. The number of pyridine rings is 1. The van der Waals surface area contributed by atoms with Crippen LogP contribution in [0.1, 0.15) is 20.8 Å². The Kier molecular flexibility index (Phi) is 4.34. The SMILES string of the molecule is CN(CCn1cc(N)ccc1=O)CC(C)(C)C. The van der Waals surface area contributed by atoms with Gasteiger partial charge in [-0.1, -0.05) is 20.8 Å². The van der Waals surface area contributed by atoms with Crippen molar-refractivity contribution in [1.29, 1.82) is 0 Å². The molecule has 0 aliphatic heterocycles. The standard InChI is InChI=1S/C13H23N3O/c1-13(2,3)10-15(4)7-8-16-9-11(14)5-6-12(16)17/h5-6,9H,7-8,10,14H2,1-4H3. The molecular formula is C13H23N3O. The molecule has 0 amide bonds. The van der Waals surface area contributed by atoms with E-state index in [2.05, 4.69) is 32.7 Å². The summed E-state index contributed by atoms with van der Waals surface area (Å²) in [5.41, 5.74) is 6.57. The van der Waals surface area contributed by atoms with Crippen LogP contribution in [-0.2, 0) is 6.54 Å². The van der Waals surface area contributed by atoms with Gasteiger partial charge < -0.3 is 15.2 Å². The first-order valence-electron chi connectivity index (χ1n) is 5.92. The summed E-state index contributed by atoms with van der Waals surface area (Å²) in [6, 6.07) is 3.15. The first kappa shape index (κ1) is 13.8. The molecule has 0 atom stereocenters. The zero-order valence-electron chi connectivity index (χ0n) is 11.2. The van der Waals surface area contributed by atoms with Crippen molar-refractivity contribution in [3.63, 3.8) is 0 Å². The second-order valence-electron chi connectivity index (χ2n) is 5.79. The predicted molar refractivity (Wildman–Crippen MR) is 72.1 cm³/mol. The van der Waals surface area contributed by atoms with E-state index in [0.717, 1.165) is 13.1 Å². The molecule has 17 heavy (non-hydrogen) atoms. The highest BCUT2D eigenvalue weighted by Gasteiger charge is 2.13. The zero-order valence-corrected chi connectivity index (χ0v) is 11.2. The molecule has 0 saturated heterocycles. The van der Waals surface area contributed by atoms with Crippen molar-refractivity contribution < 1.29 is 0 Å². The van der Waals surface area contributed by atoms with E-state index < -0.39 is 0 Å². The van der Waals surface area contributed by atoms with Gasteiger partial charge in [0.1, 0.15) is 0 Å². The summed E-state index contributed by atoms with van der Waals surface area (Å²) in [6.45, 7) is 9.14. The van der Waals surface area contributed by atoms with Gasteiger partial charge in [-0.15, -0.1) is 0 Å². The lowest BCUT2D eigenvalue weighted by atomic mass is 9.96. The molecule has 0 spiro atoms. The Morgan fingerprint density at radius 3 is 2.59 bits per heavy atom. The van der Waals surface area contributed by atoms with Gasteiger partial charge in [-0.25, -0.2) is 0 Å². The van der Waals surface area contributed by atoms with E-state index in [9.17, 15) is 4.79 Å². The van der Waals surface area contributed by atoms with Crippen LogP contribution in [0.15, 0.2) is 23.1 Å². The van der Waals surface area contributed by atoms with Gasteiger partial charge in [-0.05, 0) is 18.5 Å². The summed E-state index contributed by atoms with van der Waals surface area (Å²) in [7, 11) is 2.07. The lowest BCUT2D eigenvalue weighted by molar-refractivity contribution is 0.220. The highest BCUT2D eigenvalue weighted by Crippen LogP contribution is 2.13. The highest BCUT2D eigenvalue weighted by molar-refractivity contribution is 5.33. The molecule has 0 unspecified atom stereocenters. The second kappa shape index (κ2) is 5.36. The Hall–Kier alpha value is -1.29. The van der Waals surface area contributed by atoms with Crippen LogP contribution in [0.25, 0.3) is 0 Å². The quantitative estimate of drug-likeness (QED) is 0.861. The smallest absolute Gasteiger partial charge is 0.250 e. The maximum absolute atomic E-state index is 11.6. The molecule has 0 saturated carbocycles. The minimum Gasteiger partial charge on any atom is -0.398 e. The minimum absolute atomic E-state index is 0.00311. The van der Waals surface area contributed by atoms with Crippen LogP contribution in [-0.4, -0.2) is 29.6 Å². The molecule has 0 fully saturated rings. The number of hydrogen-bond acceptors (Lipinski definition) is 3. The molecule has 1 rings (SSSR count). The van der Waals surface area contributed by atoms with Gasteiger partial charge in [0.05, 0.1) is 0 Å². The summed E-state index contributed by atoms with van der Waals surface area (Å²) in [4.78, 5) is 13.8. The summed E-state index contributed by atoms with van der Waals surface area (Å²) < 4.78 is 1.66. The molecule has 1 aromatic rings. The summed E-state index contributed by atoms with van der Waals surface area (Å²) in [6.07, 6.45) is 1.70. The molecule has 1 heterocycles. The van der Waals surface area contributed by atoms with Gasteiger partial charge in [0.15, 0.2) is 0 Å². The maximum atomic E-state index is 11.6. The molecule has 0 radical (unpaired) electrons. The Labute approximate surface area is 103 Å². The van der Waals surface area contributed by atoms with Crippen molar-refractivity contribution in [2.24, 2.45) is 5.41 Å². The third-order valence-electron chi connectivity index (χ3n) is 2.47. The van der Waals surface area contributed by atoms with Gasteiger partial charge in [-0.3, -0.25) is 4.79 Å². The molecule has 0 aliphatic carbocycles.